The van der Waals surface area contributed by atoms with Crippen LogP contribution < -0.4 is 0 Å². The molecule has 0 N–H and O–H groups in total. The highest BCUT2D eigenvalue weighted by molar-refractivity contribution is 9.10. The van der Waals surface area contributed by atoms with Crippen molar-refractivity contribution >= 4 is 66.3 Å². The van der Waals surface area contributed by atoms with Gasteiger partial charge in [0.05, 0.1) is 11.1 Å². The molecule has 2 aromatic rings. The van der Waals surface area contributed by atoms with Gasteiger partial charge in [-0.2, -0.15) is 0 Å². The Balaban J connectivity index is 1.91. The highest BCUT2D eigenvalue weighted by atomic mass is 79.9. The molecule has 0 atom stereocenters. The summed E-state index contributed by atoms with van der Waals surface area (Å²) in [6, 6.07) is 3.13. The number of amides is 4. The molecular formula is C22H20Br2N2O6. The summed E-state index contributed by atoms with van der Waals surface area (Å²) in [5.41, 5.74) is 1.10. The van der Waals surface area contributed by atoms with Crippen LogP contribution in [0.1, 0.15) is 54.3 Å². The van der Waals surface area contributed by atoms with E-state index in [2.05, 4.69) is 31.9 Å². The Morgan fingerprint density at radius 1 is 0.688 bits per heavy atom. The number of hydrogen-bond acceptors (Lipinski definition) is 6. The van der Waals surface area contributed by atoms with Gasteiger partial charge in [0.2, 0.25) is 0 Å². The second kappa shape index (κ2) is 9.01. The molecule has 32 heavy (non-hydrogen) atoms. The molecule has 2 aliphatic rings. The Morgan fingerprint density at radius 2 is 1.06 bits per heavy atom. The van der Waals surface area contributed by atoms with Crippen LogP contribution in [0.4, 0.5) is 0 Å². The number of imide groups is 2. The van der Waals surface area contributed by atoms with Gasteiger partial charge in [-0.3, -0.25) is 29.0 Å². The van der Waals surface area contributed by atoms with E-state index >= 15 is 0 Å². The number of carbonyl (C=O) groups is 4. The lowest BCUT2D eigenvalue weighted by Gasteiger charge is -2.33. The minimum absolute atomic E-state index is 0.200. The predicted molar refractivity (Wildman–Crippen MR) is 123 cm³/mol. The van der Waals surface area contributed by atoms with Crippen molar-refractivity contribution in [3.05, 3.63) is 43.3 Å². The molecule has 4 rings (SSSR count). The van der Waals surface area contributed by atoms with E-state index in [1.807, 2.05) is 0 Å². The monoisotopic (exact) mass is 566 g/mol. The van der Waals surface area contributed by atoms with Crippen LogP contribution >= 0.6 is 31.9 Å². The lowest BCUT2D eigenvalue weighted by Crippen LogP contribution is -2.44. The van der Waals surface area contributed by atoms with Gasteiger partial charge in [-0.1, -0.05) is 0 Å². The van der Waals surface area contributed by atoms with Gasteiger partial charge in [-0.05, 0) is 56.8 Å². The number of nitrogens with zero attached hydrogens (tertiary/aromatic N) is 2. The fourth-order valence-electron chi connectivity index (χ4n) is 4.21. The number of hydrogen-bond donors (Lipinski definition) is 0. The quantitative estimate of drug-likeness (QED) is 0.357. The van der Waals surface area contributed by atoms with Crippen molar-refractivity contribution in [2.24, 2.45) is 0 Å². The smallest absolute Gasteiger partial charge is 0.262 e. The zero-order valence-electron chi connectivity index (χ0n) is 17.5. The number of carbonyl (C=O) groups excluding carboxylic acids is 4. The molecule has 2 aromatic carbocycles. The van der Waals surface area contributed by atoms with Crippen LogP contribution in [0.2, 0.25) is 0 Å². The number of halogens is 2. The zero-order chi connectivity index (χ0) is 23.2. The summed E-state index contributed by atoms with van der Waals surface area (Å²) in [6.07, 6.45) is 0.990. The van der Waals surface area contributed by atoms with Crippen LogP contribution in [0, 0.1) is 0 Å². The third-order valence-corrected chi connectivity index (χ3v) is 6.89. The average Bonchev–Trinajstić information content (AvgIpc) is 2.76. The highest BCUT2D eigenvalue weighted by Crippen LogP contribution is 2.43. The summed E-state index contributed by atoms with van der Waals surface area (Å²) in [5.74, 6) is -1.85. The maximum atomic E-state index is 13.3. The molecule has 0 saturated heterocycles. The number of rotatable bonds is 8. The van der Waals surface area contributed by atoms with Crippen LogP contribution in [0.15, 0.2) is 21.1 Å². The van der Waals surface area contributed by atoms with Gasteiger partial charge in [-0.15, -0.1) is 0 Å². The van der Waals surface area contributed by atoms with Crippen molar-refractivity contribution < 1.29 is 28.7 Å². The Labute approximate surface area is 201 Å². The second-order valence-electron chi connectivity index (χ2n) is 7.53. The first kappa shape index (κ1) is 23.0. The average molecular weight is 568 g/mol. The molecule has 0 unspecified atom stereocenters. The Kier molecular flexibility index (Phi) is 6.49. The van der Waals surface area contributed by atoms with Crippen molar-refractivity contribution in [2.45, 2.75) is 12.8 Å². The lowest BCUT2D eigenvalue weighted by atomic mass is 9.85. The van der Waals surface area contributed by atoms with E-state index in [1.54, 1.807) is 26.4 Å². The molecule has 0 spiro atoms. The first-order chi connectivity index (χ1) is 15.3. The van der Waals surface area contributed by atoms with Crippen molar-refractivity contribution in [1.82, 2.24) is 9.80 Å². The largest absolute Gasteiger partial charge is 0.385 e. The van der Waals surface area contributed by atoms with Crippen LogP contribution in [-0.4, -0.2) is 74.0 Å². The van der Waals surface area contributed by atoms with Crippen LogP contribution in [0.3, 0.4) is 0 Å². The van der Waals surface area contributed by atoms with E-state index in [9.17, 15) is 19.2 Å². The molecular weight excluding hydrogens is 548 g/mol. The fraction of sp³-hybridized carbons (Fsp3) is 0.364. The molecule has 0 bridgehead atoms. The third kappa shape index (κ3) is 3.49. The van der Waals surface area contributed by atoms with Crippen molar-refractivity contribution in [3.8, 4) is 0 Å². The van der Waals surface area contributed by atoms with E-state index in [0.29, 0.717) is 45.8 Å². The molecule has 0 fully saturated rings. The van der Waals surface area contributed by atoms with E-state index in [0.717, 1.165) is 0 Å². The molecule has 0 aliphatic carbocycles. The van der Waals surface area contributed by atoms with Gasteiger partial charge in [0, 0.05) is 71.4 Å². The molecule has 0 aromatic heterocycles. The molecule has 4 amide bonds. The van der Waals surface area contributed by atoms with Crippen LogP contribution in [-0.2, 0) is 9.47 Å². The van der Waals surface area contributed by atoms with Crippen molar-refractivity contribution in [3.63, 3.8) is 0 Å². The summed E-state index contributed by atoms with van der Waals surface area (Å²) >= 11 is 6.86. The molecule has 0 saturated carbocycles. The summed E-state index contributed by atoms with van der Waals surface area (Å²) in [7, 11) is 3.11. The van der Waals surface area contributed by atoms with Gasteiger partial charge >= 0.3 is 0 Å². The minimum atomic E-state index is -0.465. The SMILES string of the molecule is COCCCN1C(=O)c2cc(Br)c3c4c(cc(Br)c(c24)C1=O)C(=O)N(CCCOC)C3=O. The number of methoxy groups -OCH3 is 2. The van der Waals surface area contributed by atoms with Gasteiger partial charge in [-0.25, -0.2) is 0 Å². The van der Waals surface area contributed by atoms with Crippen LogP contribution in [0.25, 0.3) is 10.8 Å². The maximum Gasteiger partial charge on any atom is 0.262 e. The van der Waals surface area contributed by atoms with Gasteiger partial charge in [0.15, 0.2) is 0 Å². The summed E-state index contributed by atoms with van der Waals surface area (Å²) in [6.45, 7) is 1.21. The number of ether oxygens (including phenoxy) is 2. The second-order valence-corrected chi connectivity index (χ2v) is 9.24. The van der Waals surface area contributed by atoms with Crippen molar-refractivity contribution in [2.75, 3.05) is 40.5 Å². The van der Waals surface area contributed by atoms with E-state index in [-0.39, 0.29) is 35.3 Å². The van der Waals surface area contributed by atoms with Gasteiger partial charge in [0.25, 0.3) is 23.6 Å². The Bertz CT molecular complexity index is 1090. The lowest BCUT2D eigenvalue weighted by molar-refractivity contribution is 0.0572. The van der Waals surface area contributed by atoms with E-state index < -0.39 is 23.6 Å². The molecule has 8 nitrogen and oxygen atoms in total. The topological polar surface area (TPSA) is 93.2 Å². The molecule has 10 heteroatoms. The molecule has 2 heterocycles. The zero-order valence-corrected chi connectivity index (χ0v) is 20.7. The molecule has 168 valence electrons. The maximum absolute atomic E-state index is 13.3. The Morgan fingerprint density at radius 3 is 1.41 bits per heavy atom. The fourth-order valence-corrected chi connectivity index (χ4v) is 5.40. The first-order valence-corrected chi connectivity index (χ1v) is 11.6. The number of benzene rings is 2. The summed E-state index contributed by atoms with van der Waals surface area (Å²) < 4.78 is 10.9. The first-order valence-electron chi connectivity index (χ1n) is 10.0. The Hall–Kier alpha value is -2.14. The van der Waals surface area contributed by atoms with Gasteiger partial charge < -0.3 is 9.47 Å². The van der Waals surface area contributed by atoms with Crippen LogP contribution in [0.5, 0.6) is 0 Å². The normalized spacial score (nSPS) is 15.4. The van der Waals surface area contributed by atoms with E-state index in [1.165, 1.54) is 9.80 Å². The molecule has 0 radical (unpaired) electrons. The third-order valence-electron chi connectivity index (χ3n) is 5.64. The molecule has 2 aliphatic heterocycles. The van der Waals surface area contributed by atoms with Gasteiger partial charge in [0.1, 0.15) is 0 Å². The standard InChI is InChI=1S/C22H20Br2N2O6/c1-31-7-3-5-25-19(27)11-9-14(24)18-16-12(10-13(23)17(15(11)16)21(25)29)20(28)26(22(18)30)6-4-8-32-2/h9-10H,3-8H2,1-2H3. The predicted octanol–water partition coefficient (Wildman–Crippen LogP) is 3.63. The highest BCUT2D eigenvalue weighted by Gasteiger charge is 2.41. The summed E-state index contributed by atoms with van der Waals surface area (Å²) in [5, 5.41) is 0.674. The van der Waals surface area contributed by atoms with Crippen molar-refractivity contribution in [1.29, 1.82) is 0 Å². The van der Waals surface area contributed by atoms with E-state index in [4.69, 9.17) is 9.47 Å². The minimum Gasteiger partial charge on any atom is -0.385 e. The summed E-state index contributed by atoms with van der Waals surface area (Å²) in [4.78, 5) is 55.4.